The van der Waals surface area contributed by atoms with E-state index in [1.54, 1.807) is 6.07 Å². The number of anilines is 2. The van der Waals surface area contributed by atoms with Crippen molar-refractivity contribution in [2.75, 3.05) is 36.6 Å². The van der Waals surface area contributed by atoms with Gasteiger partial charge in [-0.1, -0.05) is 41.2 Å². The number of sulfonamides is 1. The molecule has 0 saturated carbocycles. The summed E-state index contributed by atoms with van der Waals surface area (Å²) in [5, 5.41) is 11.6. The molecule has 3 rings (SSSR count). The summed E-state index contributed by atoms with van der Waals surface area (Å²) < 4.78 is 36.1. The summed E-state index contributed by atoms with van der Waals surface area (Å²) in [6, 6.07) is 12.4. The zero-order valence-corrected chi connectivity index (χ0v) is 19.1. The average Bonchev–Trinajstić information content (AvgIpc) is 3.19. The normalized spacial score (nSPS) is 11.1. The highest BCUT2D eigenvalue weighted by molar-refractivity contribution is 7.92. The van der Waals surface area contributed by atoms with Gasteiger partial charge >= 0.3 is 0 Å². The van der Waals surface area contributed by atoms with Gasteiger partial charge in [0.15, 0.2) is 11.5 Å². The number of methoxy groups -OCH3 is 2. The number of rotatable bonds is 8. The Morgan fingerprint density at radius 2 is 1.74 bits per heavy atom. The number of hydrogen-bond donors (Lipinski definition) is 1. The second-order valence-corrected chi connectivity index (χ2v) is 9.52. The summed E-state index contributed by atoms with van der Waals surface area (Å²) in [4.78, 5) is 12.6. The Labute approximate surface area is 184 Å². The number of nitrogens with one attached hydrogen (secondary N) is 1. The van der Waals surface area contributed by atoms with E-state index in [2.05, 4.69) is 15.5 Å². The van der Waals surface area contributed by atoms with Gasteiger partial charge in [-0.2, -0.15) is 0 Å². The Bertz CT molecular complexity index is 1180. The summed E-state index contributed by atoms with van der Waals surface area (Å²) in [6.07, 6.45) is 1.03. The Morgan fingerprint density at radius 1 is 1.06 bits per heavy atom. The van der Waals surface area contributed by atoms with Crippen molar-refractivity contribution < 1.29 is 22.7 Å². The second kappa shape index (κ2) is 9.31. The number of amides is 1. The zero-order chi connectivity index (χ0) is 22.6. The minimum atomic E-state index is -3.75. The molecule has 0 saturated heterocycles. The summed E-state index contributed by atoms with van der Waals surface area (Å²) in [6.45, 7) is 1.55. The number of hydrogen-bond acceptors (Lipinski definition) is 8. The molecular weight excluding hydrogens is 440 g/mol. The Kier molecular flexibility index (Phi) is 6.76. The smallest absolute Gasteiger partial charge is 0.246 e. The molecule has 9 nitrogen and oxygen atoms in total. The first-order valence-corrected chi connectivity index (χ1v) is 11.8. The maximum Gasteiger partial charge on any atom is 0.246 e. The van der Waals surface area contributed by atoms with Crippen LogP contribution in [0, 0.1) is 6.92 Å². The van der Waals surface area contributed by atoms with E-state index in [-0.39, 0.29) is 10.8 Å². The van der Waals surface area contributed by atoms with Gasteiger partial charge in [-0.25, -0.2) is 8.42 Å². The summed E-state index contributed by atoms with van der Waals surface area (Å²) >= 11 is 1.20. The molecule has 1 aromatic heterocycles. The second-order valence-electron chi connectivity index (χ2n) is 6.64. The fourth-order valence-corrected chi connectivity index (χ4v) is 4.37. The first-order valence-electron chi connectivity index (χ1n) is 9.11. The van der Waals surface area contributed by atoms with Crippen LogP contribution >= 0.6 is 11.3 Å². The van der Waals surface area contributed by atoms with E-state index >= 15 is 0 Å². The van der Waals surface area contributed by atoms with Gasteiger partial charge in [-0.15, -0.1) is 10.2 Å². The summed E-state index contributed by atoms with van der Waals surface area (Å²) in [5.41, 5.74) is 2.28. The first-order chi connectivity index (χ1) is 14.7. The lowest BCUT2D eigenvalue weighted by Gasteiger charge is -2.22. The highest BCUT2D eigenvalue weighted by Gasteiger charge is 2.23. The Morgan fingerprint density at radius 3 is 2.35 bits per heavy atom. The number of carbonyl (C=O) groups is 1. The molecule has 0 unspecified atom stereocenters. The first kappa shape index (κ1) is 22.5. The molecule has 0 atom stereocenters. The molecule has 0 aliphatic heterocycles. The number of aromatic nitrogens is 2. The molecule has 1 heterocycles. The van der Waals surface area contributed by atoms with Gasteiger partial charge in [0.2, 0.25) is 21.1 Å². The predicted octanol–water partition coefficient (Wildman–Crippen LogP) is 2.94. The van der Waals surface area contributed by atoms with Crippen LogP contribution in [0.15, 0.2) is 42.5 Å². The van der Waals surface area contributed by atoms with Gasteiger partial charge in [0.05, 0.1) is 26.2 Å². The van der Waals surface area contributed by atoms with Crippen LogP contribution in [0.2, 0.25) is 0 Å². The number of ether oxygens (including phenoxy) is 2. The van der Waals surface area contributed by atoms with Crippen molar-refractivity contribution in [2.45, 2.75) is 6.92 Å². The summed E-state index contributed by atoms with van der Waals surface area (Å²) in [5.74, 6) is 0.245. The molecule has 3 aromatic rings. The van der Waals surface area contributed by atoms with Gasteiger partial charge < -0.3 is 9.47 Å². The van der Waals surface area contributed by atoms with E-state index in [9.17, 15) is 13.2 Å². The molecule has 1 N–H and O–H groups in total. The van der Waals surface area contributed by atoms with Crippen LogP contribution in [0.1, 0.15) is 5.56 Å². The Balaban J connectivity index is 1.77. The third kappa shape index (κ3) is 5.50. The van der Waals surface area contributed by atoms with Crippen molar-refractivity contribution in [3.63, 3.8) is 0 Å². The minimum Gasteiger partial charge on any atom is -0.493 e. The number of aryl methyl sites for hydroxylation is 1. The average molecular weight is 463 g/mol. The monoisotopic (exact) mass is 462 g/mol. The van der Waals surface area contributed by atoms with Crippen LogP contribution in [0.25, 0.3) is 10.6 Å². The highest BCUT2D eigenvalue weighted by Crippen LogP contribution is 2.32. The van der Waals surface area contributed by atoms with E-state index in [1.165, 1.54) is 37.7 Å². The van der Waals surface area contributed by atoms with E-state index in [0.29, 0.717) is 16.5 Å². The molecule has 11 heteroatoms. The van der Waals surface area contributed by atoms with E-state index in [4.69, 9.17) is 9.47 Å². The molecular formula is C20H22N4O5S2. The van der Waals surface area contributed by atoms with Crippen molar-refractivity contribution in [1.29, 1.82) is 0 Å². The standard InChI is InChI=1S/C20H22N4O5S2/c1-13-5-7-14(8-6-13)19-22-23-20(30-19)21-18(25)12-24(31(4,26)27)15-9-10-16(28-2)17(11-15)29-3/h5-11H,12H2,1-4H3,(H,21,23,25). The quantitative estimate of drug-likeness (QED) is 0.548. The predicted molar refractivity (Wildman–Crippen MR) is 120 cm³/mol. The largest absolute Gasteiger partial charge is 0.493 e. The summed E-state index contributed by atoms with van der Waals surface area (Å²) in [7, 11) is -0.825. The lowest BCUT2D eigenvalue weighted by Crippen LogP contribution is -2.37. The SMILES string of the molecule is COc1ccc(N(CC(=O)Nc2nnc(-c3ccc(C)cc3)s2)S(C)(=O)=O)cc1OC. The van der Waals surface area contributed by atoms with Gasteiger partial charge in [-0.05, 0) is 19.1 Å². The number of nitrogens with zero attached hydrogens (tertiary/aromatic N) is 3. The molecule has 0 radical (unpaired) electrons. The van der Waals surface area contributed by atoms with Crippen molar-refractivity contribution >= 4 is 38.1 Å². The minimum absolute atomic E-state index is 0.271. The molecule has 1 amide bonds. The molecule has 0 bridgehead atoms. The highest BCUT2D eigenvalue weighted by atomic mass is 32.2. The van der Waals surface area contributed by atoms with Crippen LogP contribution in [0.3, 0.4) is 0 Å². The van der Waals surface area contributed by atoms with E-state index < -0.39 is 22.5 Å². The van der Waals surface area contributed by atoms with Gasteiger partial charge in [0.1, 0.15) is 11.6 Å². The van der Waals surface area contributed by atoms with Crippen molar-refractivity contribution in [1.82, 2.24) is 10.2 Å². The Hall–Kier alpha value is -3.18. The lowest BCUT2D eigenvalue weighted by molar-refractivity contribution is -0.114. The fourth-order valence-electron chi connectivity index (χ4n) is 2.76. The van der Waals surface area contributed by atoms with Crippen molar-refractivity contribution in [3.8, 4) is 22.1 Å². The molecule has 2 aromatic carbocycles. The maximum atomic E-state index is 12.6. The van der Waals surface area contributed by atoms with E-state index in [0.717, 1.165) is 21.7 Å². The van der Waals surface area contributed by atoms with Gasteiger partial charge in [0.25, 0.3) is 0 Å². The van der Waals surface area contributed by atoms with Gasteiger partial charge in [-0.3, -0.25) is 14.4 Å². The van der Waals surface area contributed by atoms with Crippen LogP contribution in [0.5, 0.6) is 11.5 Å². The zero-order valence-electron chi connectivity index (χ0n) is 17.4. The fraction of sp³-hybridized carbons (Fsp3) is 0.250. The number of carbonyl (C=O) groups excluding carboxylic acids is 1. The topological polar surface area (TPSA) is 111 Å². The number of benzene rings is 2. The van der Waals surface area contributed by atoms with Crippen molar-refractivity contribution in [2.24, 2.45) is 0 Å². The van der Waals surface area contributed by atoms with Crippen LogP contribution < -0.4 is 19.1 Å². The molecule has 0 aliphatic rings. The molecule has 0 aliphatic carbocycles. The van der Waals surface area contributed by atoms with Crippen molar-refractivity contribution in [3.05, 3.63) is 48.0 Å². The lowest BCUT2D eigenvalue weighted by atomic mass is 10.2. The van der Waals surface area contributed by atoms with E-state index in [1.807, 2.05) is 31.2 Å². The third-order valence-corrected chi connectivity index (χ3v) is 6.34. The molecule has 0 spiro atoms. The van der Waals surface area contributed by atoms with Gasteiger partial charge in [0, 0.05) is 11.6 Å². The maximum absolute atomic E-state index is 12.6. The van der Waals surface area contributed by atoms with Crippen LogP contribution in [0.4, 0.5) is 10.8 Å². The van der Waals surface area contributed by atoms with Crippen LogP contribution in [-0.4, -0.2) is 51.5 Å². The molecule has 0 fully saturated rings. The third-order valence-electron chi connectivity index (χ3n) is 4.31. The molecule has 31 heavy (non-hydrogen) atoms. The molecule has 164 valence electrons. The van der Waals surface area contributed by atoms with Crippen LogP contribution in [-0.2, 0) is 14.8 Å².